The fraction of sp³-hybridized carbons (Fsp3) is 0.200. The molecule has 0 fully saturated rings. The van der Waals surface area contributed by atoms with Gasteiger partial charge in [-0.2, -0.15) is 0 Å². The summed E-state index contributed by atoms with van der Waals surface area (Å²) in [6.07, 6.45) is 0. The molecule has 0 aliphatic heterocycles. The van der Waals surface area contributed by atoms with Gasteiger partial charge in [0.05, 0.1) is 0 Å². The first kappa shape index (κ1) is 17.5. The highest BCUT2D eigenvalue weighted by Gasteiger charge is 2.06. The highest BCUT2D eigenvalue weighted by molar-refractivity contribution is 5.78. The number of para-hydroxylation sites is 1. The molecule has 0 radical (unpaired) electrons. The number of fused-ring (bicyclic) bond motifs is 1. The normalized spacial score (nSPS) is 10.5. The van der Waals surface area contributed by atoms with Gasteiger partial charge in [0.25, 0.3) is 0 Å². The van der Waals surface area contributed by atoms with E-state index in [0.717, 1.165) is 16.7 Å². The summed E-state index contributed by atoms with van der Waals surface area (Å²) in [5.41, 5.74) is 0.975. The first-order valence-corrected chi connectivity index (χ1v) is 8.12. The molecule has 1 heterocycles. The average molecular weight is 354 g/mol. The molecule has 0 saturated carbocycles. The summed E-state index contributed by atoms with van der Waals surface area (Å²) in [6.45, 7) is 2.09. The van der Waals surface area contributed by atoms with E-state index in [4.69, 9.17) is 18.6 Å². The fourth-order valence-electron chi connectivity index (χ4n) is 2.34. The van der Waals surface area contributed by atoms with E-state index < -0.39 is 11.6 Å². The zero-order valence-corrected chi connectivity index (χ0v) is 14.3. The molecular formula is C20H18O6. The summed E-state index contributed by atoms with van der Waals surface area (Å²) < 4.78 is 21.1. The van der Waals surface area contributed by atoms with Crippen LogP contribution in [-0.4, -0.2) is 25.8 Å². The third-order valence-electron chi connectivity index (χ3n) is 3.65. The Kier molecular flexibility index (Phi) is 5.53. The van der Waals surface area contributed by atoms with Crippen LogP contribution in [0.15, 0.2) is 63.8 Å². The third kappa shape index (κ3) is 4.63. The van der Waals surface area contributed by atoms with Crippen LogP contribution in [0, 0.1) is 6.92 Å². The van der Waals surface area contributed by atoms with Crippen LogP contribution >= 0.6 is 0 Å². The van der Waals surface area contributed by atoms with Crippen LogP contribution in [0.5, 0.6) is 11.5 Å². The number of carbonyl (C=O) groups is 1. The Morgan fingerprint density at radius 2 is 1.81 bits per heavy atom. The zero-order chi connectivity index (χ0) is 18.4. The molecule has 0 spiro atoms. The number of ether oxygens (including phenoxy) is 3. The first-order valence-electron chi connectivity index (χ1n) is 8.12. The number of esters is 1. The second-order valence-electron chi connectivity index (χ2n) is 5.58. The number of aryl methyl sites for hydroxylation is 1. The van der Waals surface area contributed by atoms with Gasteiger partial charge in [-0.1, -0.05) is 18.2 Å². The monoisotopic (exact) mass is 354 g/mol. The molecule has 0 aliphatic rings. The number of rotatable bonds is 7. The van der Waals surface area contributed by atoms with Crippen LogP contribution in [-0.2, 0) is 9.53 Å². The largest absolute Gasteiger partial charge is 0.490 e. The smallest absolute Gasteiger partial charge is 0.344 e. The standard InChI is InChI=1S/C20H18O6/c1-14-4-2-3-5-17(14)23-10-11-24-20(22)13-25-16-8-6-15-7-9-19(21)26-18(15)12-16/h2-9,12H,10-11,13H2,1H3. The minimum Gasteiger partial charge on any atom is -0.490 e. The molecule has 0 aliphatic carbocycles. The van der Waals surface area contributed by atoms with Crippen LogP contribution in [0.1, 0.15) is 5.56 Å². The van der Waals surface area contributed by atoms with Crippen LogP contribution in [0.3, 0.4) is 0 Å². The number of hydrogen-bond donors (Lipinski definition) is 0. The zero-order valence-electron chi connectivity index (χ0n) is 14.3. The molecule has 26 heavy (non-hydrogen) atoms. The van der Waals surface area contributed by atoms with Gasteiger partial charge in [0.2, 0.25) is 0 Å². The lowest BCUT2D eigenvalue weighted by Crippen LogP contribution is -2.18. The van der Waals surface area contributed by atoms with Gasteiger partial charge in [-0.3, -0.25) is 0 Å². The summed E-state index contributed by atoms with van der Waals surface area (Å²) in [5, 5.41) is 0.771. The summed E-state index contributed by atoms with van der Waals surface area (Å²) in [6, 6.07) is 15.6. The summed E-state index contributed by atoms with van der Waals surface area (Å²) in [7, 11) is 0. The van der Waals surface area contributed by atoms with Crippen molar-refractivity contribution in [3.8, 4) is 11.5 Å². The Morgan fingerprint density at radius 1 is 1.00 bits per heavy atom. The Morgan fingerprint density at radius 3 is 2.65 bits per heavy atom. The molecule has 1 aromatic heterocycles. The minimum absolute atomic E-state index is 0.128. The Labute approximate surface area is 149 Å². The summed E-state index contributed by atoms with van der Waals surface area (Å²) >= 11 is 0. The molecule has 134 valence electrons. The topological polar surface area (TPSA) is 75.0 Å². The van der Waals surface area contributed by atoms with Crippen LogP contribution < -0.4 is 15.1 Å². The van der Waals surface area contributed by atoms with E-state index in [9.17, 15) is 9.59 Å². The van der Waals surface area contributed by atoms with Crippen LogP contribution in [0.2, 0.25) is 0 Å². The maximum atomic E-state index is 11.7. The molecule has 3 aromatic rings. The van der Waals surface area contributed by atoms with E-state index in [-0.39, 0.29) is 19.8 Å². The Balaban J connectivity index is 1.44. The maximum absolute atomic E-state index is 11.7. The van der Waals surface area contributed by atoms with Gasteiger partial charge in [-0.05, 0) is 36.8 Å². The van der Waals surface area contributed by atoms with E-state index in [2.05, 4.69) is 0 Å². The number of carbonyl (C=O) groups excluding carboxylic acids is 1. The second kappa shape index (κ2) is 8.20. The van der Waals surface area contributed by atoms with Crippen molar-refractivity contribution in [1.29, 1.82) is 0 Å². The highest BCUT2D eigenvalue weighted by Crippen LogP contribution is 2.19. The van der Waals surface area contributed by atoms with Crippen molar-refractivity contribution in [3.05, 3.63) is 70.6 Å². The van der Waals surface area contributed by atoms with E-state index >= 15 is 0 Å². The van der Waals surface area contributed by atoms with Gasteiger partial charge in [-0.15, -0.1) is 0 Å². The lowest BCUT2D eigenvalue weighted by Gasteiger charge is -2.10. The van der Waals surface area contributed by atoms with Gasteiger partial charge < -0.3 is 18.6 Å². The predicted molar refractivity (Wildman–Crippen MR) is 95.6 cm³/mol. The average Bonchev–Trinajstić information content (AvgIpc) is 2.64. The molecular weight excluding hydrogens is 336 g/mol. The molecule has 3 rings (SSSR count). The maximum Gasteiger partial charge on any atom is 0.344 e. The van der Waals surface area contributed by atoms with Crippen molar-refractivity contribution in [2.45, 2.75) is 6.92 Å². The number of benzene rings is 2. The van der Waals surface area contributed by atoms with Crippen molar-refractivity contribution in [3.63, 3.8) is 0 Å². The van der Waals surface area contributed by atoms with Crippen molar-refractivity contribution in [2.75, 3.05) is 19.8 Å². The molecule has 0 unspecified atom stereocenters. The first-order chi connectivity index (χ1) is 12.6. The van der Waals surface area contributed by atoms with Crippen molar-refractivity contribution < 1.29 is 23.4 Å². The van der Waals surface area contributed by atoms with E-state index in [1.54, 1.807) is 24.3 Å². The quantitative estimate of drug-likeness (QED) is 0.369. The van der Waals surface area contributed by atoms with Crippen LogP contribution in [0.4, 0.5) is 0 Å². The highest BCUT2D eigenvalue weighted by atomic mass is 16.6. The molecule has 6 heteroatoms. The molecule has 0 N–H and O–H groups in total. The van der Waals surface area contributed by atoms with E-state index in [0.29, 0.717) is 11.3 Å². The van der Waals surface area contributed by atoms with Crippen molar-refractivity contribution in [2.24, 2.45) is 0 Å². The van der Waals surface area contributed by atoms with Gasteiger partial charge >= 0.3 is 11.6 Å². The predicted octanol–water partition coefficient (Wildman–Crippen LogP) is 3.10. The van der Waals surface area contributed by atoms with Crippen molar-refractivity contribution in [1.82, 2.24) is 0 Å². The Bertz CT molecular complexity index is 960. The van der Waals surface area contributed by atoms with E-state index in [1.165, 1.54) is 6.07 Å². The Hall–Kier alpha value is -3.28. The van der Waals surface area contributed by atoms with Gasteiger partial charge in [0, 0.05) is 17.5 Å². The fourth-order valence-corrected chi connectivity index (χ4v) is 2.34. The lowest BCUT2D eigenvalue weighted by atomic mass is 10.2. The minimum atomic E-state index is -0.506. The summed E-state index contributed by atoms with van der Waals surface area (Å²) in [4.78, 5) is 23.0. The van der Waals surface area contributed by atoms with Crippen LogP contribution in [0.25, 0.3) is 11.0 Å². The van der Waals surface area contributed by atoms with E-state index in [1.807, 2.05) is 31.2 Å². The second-order valence-corrected chi connectivity index (χ2v) is 5.58. The summed E-state index contributed by atoms with van der Waals surface area (Å²) in [5.74, 6) is 0.672. The molecule has 6 nitrogen and oxygen atoms in total. The molecule has 0 atom stereocenters. The molecule has 2 aromatic carbocycles. The van der Waals surface area contributed by atoms with Crippen molar-refractivity contribution >= 4 is 16.9 Å². The van der Waals surface area contributed by atoms with Gasteiger partial charge in [0.1, 0.15) is 30.3 Å². The SMILES string of the molecule is Cc1ccccc1OCCOC(=O)COc1ccc2ccc(=O)oc2c1. The van der Waals surface area contributed by atoms with Gasteiger partial charge in [0.15, 0.2) is 6.61 Å². The lowest BCUT2D eigenvalue weighted by molar-refractivity contribution is -0.146. The third-order valence-corrected chi connectivity index (χ3v) is 3.65. The molecule has 0 saturated heterocycles. The number of hydrogen-bond acceptors (Lipinski definition) is 6. The molecule has 0 bridgehead atoms. The molecule has 0 amide bonds. The van der Waals surface area contributed by atoms with Gasteiger partial charge in [-0.25, -0.2) is 9.59 Å².